The maximum atomic E-state index is 12.3. The first kappa shape index (κ1) is 20.6. The lowest BCUT2D eigenvalue weighted by Crippen LogP contribution is -2.45. The third-order valence-electron chi connectivity index (χ3n) is 5.05. The van der Waals surface area contributed by atoms with Gasteiger partial charge >= 0.3 is 0 Å². The van der Waals surface area contributed by atoms with E-state index in [1.165, 1.54) is 0 Å². The van der Waals surface area contributed by atoms with Crippen molar-refractivity contribution < 1.29 is 8.42 Å². The summed E-state index contributed by atoms with van der Waals surface area (Å²) in [6.45, 7) is 5.15. The van der Waals surface area contributed by atoms with E-state index in [1.54, 1.807) is 26.8 Å². The predicted octanol–water partition coefficient (Wildman–Crippen LogP) is 5.13. The number of aromatic amines is 1. The Bertz CT molecular complexity index is 911. The molecular formula is C19H25Cl2N3O2S. The first-order valence-electron chi connectivity index (χ1n) is 9.09. The van der Waals surface area contributed by atoms with Crippen LogP contribution < -0.4 is 4.72 Å². The highest BCUT2D eigenvalue weighted by Gasteiger charge is 2.33. The summed E-state index contributed by atoms with van der Waals surface area (Å²) in [5.74, 6) is 1.24. The summed E-state index contributed by atoms with van der Waals surface area (Å²) in [5, 5.41) is 1.03. The van der Waals surface area contributed by atoms with Gasteiger partial charge in [-0.1, -0.05) is 29.3 Å². The van der Waals surface area contributed by atoms with Crippen LogP contribution in [0.3, 0.4) is 0 Å². The first-order chi connectivity index (χ1) is 12.6. The molecule has 0 spiro atoms. The molecule has 3 rings (SSSR count). The maximum Gasteiger partial charge on any atom is 0.216 e. The zero-order valence-electron chi connectivity index (χ0n) is 15.7. The molecule has 2 N–H and O–H groups in total. The van der Waals surface area contributed by atoms with Gasteiger partial charge < -0.3 is 4.98 Å². The average molecular weight is 430 g/mol. The molecule has 0 amide bonds. The van der Waals surface area contributed by atoms with Crippen molar-refractivity contribution in [3.8, 4) is 11.3 Å². The van der Waals surface area contributed by atoms with Crippen LogP contribution in [0, 0.1) is 0 Å². The molecule has 0 atom stereocenters. The number of nitrogens with one attached hydrogen (secondary N) is 2. The second-order valence-electron chi connectivity index (χ2n) is 8.08. The topological polar surface area (TPSA) is 74.8 Å². The molecule has 0 aliphatic heterocycles. The molecule has 1 aromatic carbocycles. The van der Waals surface area contributed by atoms with Gasteiger partial charge in [0, 0.05) is 23.7 Å². The molecule has 27 heavy (non-hydrogen) atoms. The van der Waals surface area contributed by atoms with Gasteiger partial charge in [0.25, 0.3) is 0 Å². The quantitative estimate of drug-likeness (QED) is 0.706. The van der Waals surface area contributed by atoms with Gasteiger partial charge in [0.2, 0.25) is 10.0 Å². The summed E-state index contributed by atoms with van der Waals surface area (Å²) < 4.78 is 26.7. The van der Waals surface area contributed by atoms with E-state index in [4.69, 9.17) is 28.2 Å². The minimum atomic E-state index is -3.32. The smallest absolute Gasteiger partial charge is 0.216 e. The molecule has 0 bridgehead atoms. The predicted molar refractivity (Wildman–Crippen MR) is 111 cm³/mol. The molecule has 1 saturated carbocycles. The zero-order valence-corrected chi connectivity index (χ0v) is 18.0. The van der Waals surface area contributed by atoms with Crippen molar-refractivity contribution in [1.82, 2.24) is 14.7 Å². The van der Waals surface area contributed by atoms with Crippen LogP contribution in [-0.2, 0) is 10.0 Å². The summed E-state index contributed by atoms with van der Waals surface area (Å²) in [5.41, 5.74) is 1.75. The lowest BCUT2D eigenvalue weighted by molar-refractivity contribution is 0.364. The molecule has 2 aromatic rings. The number of rotatable bonds is 4. The molecule has 0 radical (unpaired) electrons. The van der Waals surface area contributed by atoms with Gasteiger partial charge in [0.1, 0.15) is 5.82 Å². The third kappa shape index (κ3) is 4.67. The van der Waals surface area contributed by atoms with E-state index in [1.807, 2.05) is 18.3 Å². The number of halogens is 2. The molecule has 1 aromatic heterocycles. The lowest BCUT2D eigenvalue weighted by atomic mass is 9.86. The Morgan fingerprint density at radius 3 is 2.37 bits per heavy atom. The van der Waals surface area contributed by atoms with Gasteiger partial charge in [-0.25, -0.2) is 18.1 Å². The standard InChI is InChI=1S/C19H25Cl2N3O2S/c1-19(2,3)27(25,26)24-14-7-4-12(5-8-14)18-22-11-17(23-18)13-6-9-15(20)16(21)10-13/h6,9-12,14,24H,4-5,7-8H2,1-3H3,(H,22,23)/t12-,14-. The van der Waals surface area contributed by atoms with Crippen molar-refractivity contribution in [2.24, 2.45) is 0 Å². The van der Waals surface area contributed by atoms with Crippen LogP contribution in [0.1, 0.15) is 58.2 Å². The molecular weight excluding hydrogens is 405 g/mol. The van der Waals surface area contributed by atoms with Crippen LogP contribution in [-0.4, -0.2) is 29.2 Å². The summed E-state index contributed by atoms with van der Waals surface area (Å²) in [6.07, 6.45) is 5.28. The molecule has 0 saturated heterocycles. The summed E-state index contributed by atoms with van der Waals surface area (Å²) in [7, 11) is -3.32. The number of sulfonamides is 1. The zero-order chi connectivity index (χ0) is 19.8. The number of hydrogen-bond acceptors (Lipinski definition) is 3. The average Bonchev–Trinajstić information content (AvgIpc) is 3.07. The Kier molecular flexibility index (Phi) is 5.92. The molecule has 1 aliphatic carbocycles. The Labute approximate surface area is 170 Å². The van der Waals surface area contributed by atoms with Crippen LogP contribution in [0.4, 0.5) is 0 Å². The highest BCUT2D eigenvalue weighted by molar-refractivity contribution is 7.90. The van der Waals surface area contributed by atoms with Crippen LogP contribution in [0.5, 0.6) is 0 Å². The van der Waals surface area contributed by atoms with Crippen LogP contribution in [0.2, 0.25) is 10.0 Å². The highest BCUT2D eigenvalue weighted by atomic mass is 35.5. The third-order valence-corrected chi connectivity index (χ3v) is 8.05. The number of hydrogen-bond donors (Lipinski definition) is 2. The Morgan fingerprint density at radius 2 is 1.78 bits per heavy atom. The minimum Gasteiger partial charge on any atom is -0.348 e. The van der Waals surface area contributed by atoms with Gasteiger partial charge in [-0.3, -0.25) is 0 Å². The molecule has 1 fully saturated rings. The molecule has 0 unspecified atom stereocenters. The van der Waals surface area contributed by atoms with Gasteiger partial charge in [-0.15, -0.1) is 0 Å². The molecule has 8 heteroatoms. The van der Waals surface area contributed by atoms with E-state index < -0.39 is 14.8 Å². The molecule has 5 nitrogen and oxygen atoms in total. The maximum absolute atomic E-state index is 12.3. The Balaban J connectivity index is 1.64. The number of H-pyrrole nitrogens is 1. The van der Waals surface area contributed by atoms with E-state index in [9.17, 15) is 8.42 Å². The van der Waals surface area contributed by atoms with Crippen LogP contribution in [0.15, 0.2) is 24.4 Å². The van der Waals surface area contributed by atoms with Crippen LogP contribution >= 0.6 is 23.2 Å². The SMILES string of the molecule is CC(C)(C)S(=O)(=O)N[C@H]1CC[C@H](c2nc(-c3ccc(Cl)c(Cl)c3)c[nH]2)CC1. The first-order valence-corrected chi connectivity index (χ1v) is 11.3. The van der Waals surface area contributed by atoms with E-state index in [2.05, 4.69) is 9.71 Å². The van der Waals surface area contributed by atoms with Crippen molar-refractivity contribution in [2.45, 2.75) is 63.2 Å². The van der Waals surface area contributed by atoms with E-state index in [0.29, 0.717) is 16.0 Å². The normalized spacial score (nSPS) is 21.4. The summed E-state index contributed by atoms with van der Waals surface area (Å²) in [6, 6.07) is 5.46. The van der Waals surface area contributed by atoms with Crippen molar-refractivity contribution in [1.29, 1.82) is 0 Å². The monoisotopic (exact) mass is 429 g/mol. The largest absolute Gasteiger partial charge is 0.348 e. The number of nitrogens with zero attached hydrogens (tertiary/aromatic N) is 1. The van der Waals surface area contributed by atoms with Gasteiger partial charge in [0.15, 0.2) is 0 Å². The lowest BCUT2D eigenvalue weighted by Gasteiger charge is -2.30. The Hall–Kier alpha value is -1.08. The van der Waals surface area contributed by atoms with Gasteiger partial charge in [0.05, 0.1) is 20.5 Å². The molecule has 1 heterocycles. The van der Waals surface area contributed by atoms with Crippen molar-refractivity contribution in [3.05, 3.63) is 40.3 Å². The van der Waals surface area contributed by atoms with Crippen molar-refractivity contribution in [2.75, 3.05) is 0 Å². The second-order valence-corrected chi connectivity index (χ2v) is 11.4. The number of imidazole rings is 1. The summed E-state index contributed by atoms with van der Waals surface area (Å²) in [4.78, 5) is 7.99. The highest BCUT2D eigenvalue weighted by Crippen LogP contribution is 2.34. The van der Waals surface area contributed by atoms with Crippen molar-refractivity contribution >= 4 is 33.2 Å². The van der Waals surface area contributed by atoms with Crippen molar-refractivity contribution in [3.63, 3.8) is 0 Å². The molecule has 1 aliphatic rings. The Morgan fingerprint density at radius 1 is 1.11 bits per heavy atom. The fourth-order valence-corrected chi connectivity index (χ4v) is 4.56. The van der Waals surface area contributed by atoms with E-state index >= 15 is 0 Å². The fraction of sp³-hybridized carbons (Fsp3) is 0.526. The van der Waals surface area contributed by atoms with Crippen LogP contribution in [0.25, 0.3) is 11.3 Å². The van der Waals surface area contributed by atoms with E-state index in [0.717, 1.165) is 42.8 Å². The summed E-state index contributed by atoms with van der Waals surface area (Å²) >= 11 is 12.1. The van der Waals surface area contributed by atoms with E-state index in [-0.39, 0.29) is 6.04 Å². The number of aromatic nitrogens is 2. The number of benzene rings is 1. The fourth-order valence-electron chi connectivity index (χ4n) is 3.23. The van der Waals surface area contributed by atoms with Gasteiger partial charge in [-0.2, -0.15) is 0 Å². The van der Waals surface area contributed by atoms with Gasteiger partial charge in [-0.05, 0) is 58.6 Å². The molecule has 148 valence electrons. The minimum absolute atomic E-state index is 0.00465. The second kappa shape index (κ2) is 7.74.